The van der Waals surface area contributed by atoms with E-state index in [0.717, 1.165) is 70.3 Å². The minimum atomic E-state index is -0.256. The van der Waals surface area contributed by atoms with Gasteiger partial charge in [0.05, 0.1) is 6.10 Å². The number of hydrogen-bond donors (Lipinski definition) is 1. The number of amides is 1. The van der Waals surface area contributed by atoms with Crippen molar-refractivity contribution < 1.29 is 9.90 Å². The third-order valence-corrected chi connectivity index (χ3v) is 6.06. The van der Waals surface area contributed by atoms with Crippen LogP contribution in [0.4, 0.5) is 0 Å². The number of carbonyl (C=O) groups is 1. The fourth-order valence-electron chi connectivity index (χ4n) is 4.71. The molecule has 2 aliphatic heterocycles. The summed E-state index contributed by atoms with van der Waals surface area (Å²) >= 11 is 0. The van der Waals surface area contributed by atoms with E-state index in [2.05, 4.69) is 10.2 Å². The summed E-state index contributed by atoms with van der Waals surface area (Å²) in [6.45, 7) is 2.30. The number of aliphatic hydroxyl groups excluding tert-OH is 1. The molecule has 4 rings (SSSR count). The Morgan fingerprint density at radius 2 is 1.96 bits per heavy atom. The van der Waals surface area contributed by atoms with Crippen molar-refractivity contribution in [1.29, 1.82) is 0 Å². The van der Waals surface area contributed by atoms with Gasteiger partial charge in [0, 0.05) is 31.5 Å². The van der Waals surface area contributed by atoms with E-state index >= 15 is 0 Å². The SMILES string of the molecule is O=C(c1nnc2n1CCCCC2)N1CCC[C@]2(CCC[C@H]2O)C1. The molecule has 0 radical (unpaired) electrons. The van der Waals surface area contributed by atoms with Crippen LogP contribution in [0.1, 0.15) is 67.8 Å². The summed E-state index contributed by atoms with van der Waals surface area (Å²) in [4.78, 5) is 14.9. The van der Waals surface area contributed by atoms with E-state index in [0.29, 0.717) is 12.4 Å². The van der Waals surface area contributed by atoms with Crippen molar-refractivity contribution >= 4 is 5.91 Å². The first kappa shape index (κ1) is 15.1. The van der Waals surface area contributed by atoms with Crippen molar-refractivity contribution in [2.24, 2.45) is 5.41 Å². The van der Waals surface area contributed by atoms with Gasteiger partial charge in [0.1, 0.15) is 5.82 Å². The summed E-state index contributed by atoms with van der Waals surface area (Å²) in [7, 11) is 0. The summed E-state index contributed by atoms with van der Waals surface area (Å²) in [5, 5.41) is 18.9. The Kier molecular flexibility index (Phi) is 3.87. The fourth-order valence-corrected chi connectivity index (χ4v) is 4.71. The van der Waals surface area contributed by atoms with Gasteiger partial charge >= 0.3 is 0 Å². The van der Waals surface area contributed by atoms with Gasteiger partial charge in [-0.25, -0.2) is 0 Å². The number of likely N-dealkylation sites (tertiary alicyclic amines) is 1. The molecule has 1 amide bonds. The number of fused-ring (bicyclic) bond motifs is 1. The number of aliphatic hydroxyl groups is 1. The number of hydrogen-bond acceptors (Lipinski definition) is 4. The van der Waals surface area contributed by atoms with Crippen molar-refractivity contribution in [2.75, 3.05) is 13.1 Å². The van der Waals surface area contributed by atoms with Crippen LogP contribution >= 0.6 is 0 Å². The minimum Gasteiger partial charge on any atom is -0.392 e. The lowest BCUT2D eigenvalue weighted by Gasteiger charge is -2.42. The Morgan fingerprint density at radius 3 is 2.78 bits per heavy atom. The van der Waals surface area contributed by atoms with E-state index in [4.69, 9.17) is 0 Å². The predicted octanol–water partition coefficient (Wildman–Crippen LogP) is 1.77. The van der Waals surface area contributed by atoms with Crippen LogP contribution in [0.25, 0.3) is 0 Å². The molecule has 1 aliphatic carbocycles. The Labute approximate surface area is 136 Å². The van der Waals surface area contributed by atoms with Gasteiger partial charge in [0.2, 0.25) is 5.82 Å². The topological polar surface area (TPSA) is 71.2 Å². The molecule has 1 saturated heterocycles. The molecule has 2 fully saturated rings. The molecule has 3 heterocycles. The molecule has 2 atom stereocenters. The Balaban J connectivity index is 1.56. The molecule has 6 nitrogen and oxygen atoms in total. The summed E-state index contributed by atoms with van der Waals surface area (Å²) in [5.41, 5.74) is -0.0739. The summed E-state index contributed by atoms with van der Waals surface area (Å²) in [6.07, 6.45) is 9.08. The smallest absolute Gasteiger partial charge is 0.291 e. The molecular weight excluding hydrogens is 292 g/mol. The van der Waals surface area contributed by atoms with Crippen molar-refractivity contribution in [3.05, 3.63) is 11.6 Å². The highest BCUT2D eigenvalue weighted by Gasteiger charge is 2.46. The highest BCUT2D eigenvalue weighted by molar-refractivity contribution is 5.91. The first-order chi connectivity index (χ1) is 11.2. The fraction of sp³-hybridized carbons (Fsp3) is 0.824. The van der Waals surface area contributed by atoms with E-state index in [1.54, 1.807) is 0 Å². The Hall–Kier alpha value is -1.43. The van der Waals surface area contributed by atoms with Gasteiger partial charge in [-0.1, -0.05) is 12.8 Å². The molecular formula is C17H26N4O2. The largest absolute Gasteiger partial charge is 0.392 e. The van der Waals surface area contributed by atoms with Gasteiger partial charge in [0.15, 0.2) is 0 Å². The standard InChI is InChI=1S/C17H26N4O2/c22-13-6-4-8-17(13)9-5-10-20(12-17)16(23)15-19-18-14-7-2-1-3-11-21(14)15/h13,22H,1-12H2/t13-,17-/m1/s1. The van der Waals surface area contributed by atoms with Gasteiger partial charge in [-0.15, -0.1) is 10.2 Å². The maximum atomic E-state index is 13.0. The summed E-state index contributed by atoms with van der Waals surface area (Å²) in [5.74, 6) is 1.47. The molecule has 0 bridgehead atoms. The number of aromatic nitrogens is 3. The van der Waals surface area contributed by atoms with E-state index in [9.17, 15) is 9.90 Å². The lowest BCUT2D eigenvalue weighted by Crippen LogP contribution is -2.49. The molecule has 126 valence electrons. The van der Waals surface area contributed by atoms with Crippen LogP contribution in [-0.4, -0.2) is 49.9 Å². The van der Waals surface area contributed by atoms with E-state index < -0.39 is 0 Å². The molecule has 6 heteroatoms. The van der Waals surface area contributed by atoms with E-state index in [1.165, 1.54) is 6.42 Å². The molecule has 1 aromatic heterocycles. The van der Waals surface area contributed by atoms with E-state index in [-0.39, 0.29) is 17.4 Å². The number of piperidine rings is 1. The van der Waals surface area contributed by atoms with Crippen LogP contribution in [-0.2, 0) is 13.0 Å². The number of nitrogens with zero attached hydrogens (tertiary/aromatic N) is 4. The second-order valence-electron chi connectivity index (χ2n) is 7.50. The molecule has 0 aromatic carbocycles. The third kappa shape index (κ3) is 2.57. The summed E-state index contributed by atoms with van der Waals surface area (Å²) in [6, 6.07) is 0. The molecule has 1 spiro atoms. The maximum Gasteiger partial charge on any atom is 0.291 e. The maximum absolute atomic E-state index is 13.0. The zero-order valence-corrected chi connectivity index (χ0v) is 13.7. The first-order valence-corrected chi connectivity index (χ1v) is 9.09. The monoisotopic (exact) mass is 318 g/mol. The lowest BCUT2D eigenvalue weighted by molar-refractivity contribution is -0.00594. The quantitative estimate of drug-likeness (QED) is 0.856. The normalized spacial score (nSPS) is 31.2. The average molecular weight is 318 g/mol. The van der Waals surface area contributed by atoms with Crippen molar-refractivity contribution in [2.45, 2.75) is 70.4 Å². The first-order valence-electron chi connectivity index (χ1n) is 9.09. The number of aryl methyl sites for hydroxylation is 1. The molecule has 1 N–H and O–H groups in total. The molecule has 3 aliphatic rings. The van der Waals surface area contributed by atoms with Crippen LogP contribution in [0, 0.1) is 5.41 Å². The van der Waals surface area contributed by atoms with Gasteiger partial charge in [-0.3, -0.25) is 4.79 Å². The second-order valence-corrected chi connectivity index (χ2v) is 7.50. The van der Waals surface area contributed by atoms with Crippen LogP contribution in [0.5, 0.6) is 0 Å². The predicted molar refractivity (Wildman–Crippen MR) is 85.0 cm³/mol. The highest BCUT2D eigenvalue weighted by Crippen LogP contribution is 2.45. The van der Waals surface area contributed by atoms with Gasteiger partial charge in [0.25, 0.3) is 5.91 Å². The van der Waals surface area contributed by atoms with Crippen LogP contribution in [0.15, 0.2) is 0 Å². The molecule has 1 aromatic rings. The lowest BCUT2D eigenvalue weighted by atomic mass is 9.76. The Bertz CT molecular complexity index is 599. The number of rotatable bonds is 1. The third-order valence-electron chi connectivity index (χ3n) is 6.06. The minimum absolute atomic E-state index is 0.00354. The van der Waals surface area contributed by atoms with Gasteiger partial charge in [-0.05, 0) is 38.5 Å². The van der Waals surface area contributed by atoms with Crippen LogP contribution in [0.2, 0.25) is 0 Å². The van der Waals surface area contributed by atoms with Gasteiger partial charge in [-0.2, -0.15) is 0 Å². The van der Waals surface area contributed by atoms with Crippen LogP contribution in [0.3, 0.4) is 0 Å². The van der Waals surface area contributed by atoms with E-state index in [1.807, 2.05) is 9.47 Å². The highest BCUT2D eigenvalue weighted by atomic mass is 16.3. The van der Waals surface area contributed by atoms with Crippen molar-refractivity contribution in [3.8, 4) is 0 Å². The van der Waals surface area contributed by atoms with Crippen molar-refractivity contribution in [1.82, 2.24) is 19.7 Å². The molecule has 1 saturated carbocycles. The molecule has 0 unspecified atom stereocenters. The molecule has 23 heavy (non-hydrogen) atoms. The Morgan fingerprint density at radius 1 is 1.09 bits per heavy atom. The van der Waals surface area contributed by atoms with Gasteiger partial charge < -0.3 is 14.6 Å². The second kappa shape index (κ2) is 5.89. The van der Waals surface area contributed by atoms with Crippen molar-refractivity contribution in [3.63, 3.8) is 0 Å². The average Bonchev–Trinajstić information content (AvgIpc) is 3.03. The zero-order chi connectivity index (χ0) is 15.9. The number of carbonyl (C=O) groups excluding carboxylic acids is 1. The van der Waals surface area contributed by atoms with Crippen LogP contribution < -0.4 is 0 Å². The zero-order valence-electron chi connectivity index (χ0n) is 13.7. The summed E-state index contributed by atoms with van der Waals surface area (Å²) < 4.78 is 2.03.